The lowest BCUT2D eigenvalue weighted by atomic mass is 10.3. The van der Waals surface area contributed by atoms with Crippen LogP contribution in [0.2, 0.25) is 0 Å². The molecule has 0 aliphatic heterocycles. The molecule has 0 bridgehead atoms. The van der Waals surface area contributed by atoms with Crippen LogP contribution in [0.15, 0.2) is 21.5 Å². The fourth-order valence-electron chi connectivity index (χ4n) is 1.40. The van der Waals surface area contributed by atoms with Crippen molar-refractivity contribution in [2.45, 2.75) is 11.3 Å². The van der Waals surface area contributed by atoms with Gasteiger partial charge in [-0.25, -0.2) is 21.5 Å². The maximum Gasteiger partial charge on any atom is 0.306 e. The van der Waals surface area contributed by atoms with Gasteiger partial charge in [-0.2, -0.15) is 0 Å². The molecule has 0 saturated carbocycles. The maximum absolute atomic E-state index is 13.7. The van der Waals surface area contributed by atoms with E-state index in [2.05, 4.69) is 20.7 Å². The smallest absolute Gasteiger partial charge is 0.306 e. The van der Waals surface area contributed by atoms with E-state index in [4.69, 9.17) is 0 Å². The summed E-state index contributed by atoms with van der Waals surface area (Å²) in [6, 6.07) is 1.33. The van der Waals surface area contributed by atoms with Crippen LogP contribution in [0.4, 0.5) is 8.78 Å². The van der Waals surface area contributed by atoms with Crippen LogP contribution >= 0.6 is 15.9 Å². The number of carbonyl (C=O) groups excluding carboxylic acids is 1. The molecule has 1 rings (SSSR count). The number of methoxy groups -OCH3 is 1. The molecule has 0 heterocycles. The van der Waals surface area contributed by atoms with Crippen LogP contribution in [-0.4, -0.2) is 39.4 Å². The summed E-state index contributed by atoms with van der Waals surface area (Å²) in [6.07, 6.45) is -0.174. The van der Waals surface area contributed by atoms with E-state index in [9.17, 15) is 22.0 Å². The topological polar surface area (TPSA) is 63.7 Å². The predicted octanol–water partition coefficient (Wildman–Crippen LogP) is 1.91. The number of benzene rings is 1. The van der Waals surface area contributed by atoms with Crippen LogP contribution in [-0.2, 0) is 19.6 Å². The Morgan fingerprint density at radius 2 is 2.00 bits per heavy atom. The Kier molecular flexibility index (Phi) is 5.60. The molecule has 5 nitrogen and oxygen atoms in total. The molecule has 0 spiro atoms. The van der Waals surface area contributed by atoms with Gasteiger partial charge < -0.3 is 4.74 Å². The van der Waals surface area contributed by atoms with Gasteiger partial charge in [-0.1, -0.05) is 0 Å². The van der Waals surface area contributed by atoms with E-state index < -0.39 is 32.5 Å². The Bertz CT molecular complexity index is 598. The minimum atomic E-state index is -4.18. The van der Waals surface area contributed by atoms with E-state index in [1.165, 1.54) is 14.2 Å². The highest BCUT2D eigenvalue weighted by Gasteiger charge is 2.28. The first-order valence-electron chi connectivity index (χ1n) is 5.38. The highest BCUT2D eigenvalue weighted by Crippen LogP contribution is 2.28. The molecule has 0 saturated heterocycles. The number of ether oxygens (including phenoxy) is 1. The summed E-state index contributed by atoms with van der Waals surface area (Å²) in [4.78, 5) is 10.3. The van der Waals surface area contributed by atoms with Gasteiger partial charge in [0, 0.05) is 24.1 Å². The average molecular weight is 372 g/mol. The minimum Gasteiger partial charge on any atom is -0.469 e. The first-order valence-corrected chi connectivity index (χ1v) is 7.61. The van der Waals surface area contributed by atoms with Crippen molar-refractivity contribution in [3.8, 4) is 0 Å². The normalized spacial score (nSPS) is 11.7. The fourth-order valence-corrected chi connectivity index (χ4v) is 3.68. The van der Waals surface area contributed by atoms with Crippen molar-refractivity contribution in [3.63, 3.8) is 0 Å². The van der Waals surface area contributed by atoms with Gasteiger partial charge in [0.2, 0.25) is 10.0 Å². The first-order chi connectivity index (χ1) is 9.20. The second-order valence-electron chi connectivity index (χ2n) is 3.85. The fraction of sp³-hybridized carbons (Fsp3) is 0.364. The first kappa shape index (κ1) is 17.0. The molecule has 0 aliphatic carbocycles. The lowest BCUT2D eigenvalue weighted by Crippen LogP contribution is -2.30. The van der Waals surface area contributed by atoms with Crippen molar-refractivity contribution in [3.05, 3.63) is 28.2 Å². The molecular weight excluding hydrogens is 360 g/mol. The summed E-state index contributed by atoms with van der Waals surface area (Å²) in [5.74, 6) is -2.70. The van der Waals surface area contributed by atoms with Gasteiger partial charge in [-0.15, -0.1) is 0 Å². The van der Waals surface area contributed by atoms with E-state index >= 15 is 0 Å². The van der Waals surface area contributed by atoms with Gasteiger partial charge >= 0.3 is 5.97 Å². The van der Waals surface area contributed by atoms with Gasteiger partial charge in [0.25, 0.3) is 0 Å². The molecule has 0 aliphatic rings. The van der Waals surface area contributed by atoms with Crippen molar-refractivity contribution in [2.24, 2.45) is 0 Å². The largest absolute Gasteiger partial charge is 0.469 e. The second-order valence-corrected chi connectivity index (χ2v) is 6.69. The molecule has 0 radical (unpaired) electrons. The number of esters is 1. The Balaban J connectivity index is 3.08. The maximum atomic E-state index is 13.7. The van der Waals surface area contributed by atoms with E-state index in [-0.39, 0.29) is 17.4 Å². The SMILES string of the molecule is COC(=O)CCN(C)S(=O)(=O)c1c(F)cc(F)cc1Br. The van der Waals surface area contributed by atoms with Gasteiger partial charge in [0.05, 0.1) is 13.5 Å². The van der Waals surface area contributed by atoms with Crippen LogP contribution < -0.4 is 0 Å². The molecule has 112 valence electrons. The minimum absolute atomic E-state index is 0.174. The number of carbonyl (C=O) groups is 1. The lowest BCUT2D eigenvalue weighted by Gasteiger charge is -2.18. The molecule has 0 aromatic heterocycles. The molecule has 20 heavy (non-hydrogen) atoms. The van der Waals surface area contributed by atoms with E-state index in [1.807, 2.05) is 0 Å². The standard InChI is InChI=1S/C11H12BrF2NO4S/c1-15(4-3-10(16)19-2)20(17,18)11-8(12)5-7(13)6-9(11)14/h5-6H,3-4H2,1-2H3. The zero-order valence-electron chi connectivity index (χ0n) is 10.7. The van der Waals surface area contributed by atoms with Gasteiger partial charge in [-0.3, -0.25) is 4.79 Å². The predicted molar refractivity (Wildman–Crippen MR) is 70.5 cm³/mol. The van der Waals surface area contributed by atoms with Crippen molar-refractivity contribution < 1.29 is 26.7 Å². The third-order valence-corrected chi connectivity index (χ3v) is 5.31. The van der Waals surface area contributed by atoms with Crippen LogP contribution in [0.1, 0.15) is 6.42 Å². The zero-order valence-corrected chi connectivity index (χ0v) is 13.1. The molecule has 1 aromatic carbocycles. The van der Waals surface area contributed by atoms with Crippen LogP contribution in [0.3, 0.4) is 0 Å². The summed E-state index contributed by atoms with van der Waals surface area (Å²) < 4.78 is 55.9. The third-order valence-electron chi connectivity index (χ3n) is 2.49. The average Bonchev–Trinajstić information content (AvgIpc) is 2.33. The van der Waals surface area contributed by atoms with Crippen LogP contribution in [0, 0.1) is 11.6 Å². The highest BCUT2D eigenvalue weighted by molar-refractivity contribution is 9.10. The van der Waals surface area contributed by atoms with Crippen LogP contribution in [0.5, 0.6) is 0 Å². The summed E-state index contributed by atoms with van der Waals surface area (Å²) in [6.45, 7) is -0.182. The lowest BCUT2D eigenvalue weighted by molar-refractivity contribution is -0.140. The highest BCUT2D eigenvalue weighted by atomic mass is 79.9. The molecule has 0 amide bonds. The summed E-state index contributed by atoms with van der Waals surface area (Å²) in [7, 11) is -1.82. The summed E-state index contributed by atoms with van der Waals surface area (Å²) in [5.41, 5.74) is 0. The Morgan fingerprint density at radius 3 is 2.50 bits per heavy atom. The number of hydrogen-bond donors (Lipinski definition) is 0. The van der Waals surface area contributed by atoms with E-state index in [1.54, 1.807) is 0 Å². The van der Waals surface area contributed by atoms with Crippen LogP contribution in [0.25, 0.3) is 0 Å². The molecule has 1 aromatic rings. The molecule has 0 fully saturated rings. The number of nitrogens with zero attached hydrogens (tertiary/aromatic N) is 1. The Morgan fingerprint density at radius 1 is 1.40 bits per heavy atom. The van der Waals surface area contributed by atoms with Crippen molar-refractivity contribution in [1.29, 1.82) is 0 Å². The summed E-state index contributed by atoms with van der Waals surface area (Å²) in [5, 5.41) is 0. The Hall–Kier alpha value is -1.06. The molecular formula is C11H12BrF2NO4S. The molecule has 9 heteroatoms. The van der Waals surface area contributed by atoms with E-state index in [0.717, 1.165) is 10.4 Å². The third kappa shape index (κ3) is 3.74. The van der Waals surface area contributed by atoms with Crippen molar-refractivity contribution in [1.82, 2.24) is 4.31 Å². The van der Waals surface area contributed by atoms with Crippen molar-refractivity contribution in [2.75, 3.05) is 20.7 Å². The summed E-state index contributed by atoms with van der Waals surface area (Å²) >= 11 is 2.82. The monoisotopic (exact) mass is 371 g/mol. The quantitative estimate of drug-likeness (QED) is 0.741. The molecule has 0 N–H and O–H groups in total. The second kappa shape index (κ2) is 6.59. The van der Waals surface area contributed by atoms with Gasteiger partial charge in [0.15, 0.2) is 0 Å². The number of sulfonamides is 1. The number of rotatable bonds is 5. The number of halogens is 3. The molecule has 0 atom stereocenters. The van der Waals surface area contributed by atoms with E-state index in [0.29, 0.717) is 6.07 Å². The van der Waals surface area contributed by atoms with Crippen molar-refractivity contribution >= 4 is 31.9 Å². The van der Waals surface area contributed by atoms with Gasteiger partial charge in [0.1, 0.15) is 16.5 Å². The number of hydrogen-bond acceptors (Lipinski definition) is 4. The zero-order chi connectivity index (χ0) is 15.5. The molecule has 0 unspecified atom stereocenters. The Labute approximate surface area is 123 Å². The van der Waals surface area contributed by atoms with Gasteiger partial charge in [-0.05, 0) is 22.0 Å².